The summed E-state index contributed by atoms with van der Waals surface area (Å²) in [5.74, 6) is 1.37. The summed E-state index contributed by atoms with van der Waals surface area (Å²) < 4.78 is 6.80. The van der Waals surface area contributed by atoms with Crippen LogP contribution in [-0.4, -0.2) is 53.3 Å². The molecule has 29 heavy (non-hydrogen) atoms. The molecule has 0 bridgehead atoms. The molecule has 1 aliphatic heterocycles. The van der Waals surface area contributed by atoms with Crippen LogP contribution in [0.1, 0.15) is 42.5 Å². The van der Waals surface area contributed by atoms with Crippen molar-refractivity contribution in [2.75, 3.05) is 31.1 Å². The fraction of sp³-hybridized carbons (Fsp3) is 0.476. The second-order valence-corrected chi connectivity index (χ2v) is 8.83. The van der Waals surface area contributed by atoms with Crippen LogP contribution in [0.15, 0.2) is 34.8 Å². The molecule has 2 aromatic rings. The minimum Gasteiger partial charge on any atom is -0.473 e. The summed E-state index contributed by atoms with van der Waals surface area (Å²) >= 11 is 9.61. The molecule has 8 heteroatoms. The van der Waals surface area contributed by atoms with E-state index in [2.05, 4.69) is 31.0 Å². The van der Waals surface area contributed by atoms with Gasteiger partial charge < -0.3 is 14.5 Å². The first-order valence-corrected chi connectivity index (χ1v) is 11.3. The summed E-state index contributed by atoms with van der Waals surface area (Å²) in [4.78, 5) is 16.8. The quantitative estimate of drug-likeness (QED) is 0.643. The zero-order chi connectivity index (χ0) is 20.2. The molecule has 1 saturated heterocycles. The average molecular weight is 480 g/mol. The van der Waals surface area contributed by atoms with E-state index in [9.17, 15) is 4.79 Å². The number of ether oxygens (including phenoxy) is 1. The van der Waals surface area contributed by atoms with Crippen LogP contribution in [0.5, 0.6) is 5.88 Å². The fourth-order valence-electron chi connectivity index (χ4n) is 3.87. The Hall–Kier alpha value is -1.86. The molecule has 2 heterocycles. The highest BCUT2D eigenvalue weighted by atomic mass is 79.9. The molecular formula is C21H24BrClN4O2. The predicted octanol–water partition coefficient (Wildman–Crippen LogP) is 4.57. The molecule has 0 spiro atoms. The number of hydrogen-bond donors (Lipinski definition) is 0. The van der Waals surface area contributed by atoms with Crippen LogP contribution in [-0.2, 0) is 0 Å². The van der Waals surface area contributed by atoms with Gasteiger partial charge in [0.05, 0.1) is 10.6 Å². The number of halogens is 2. The molecule has 4 rings (SSSR count). The van der Waals surface area contributed by atoms with Gasteiger partial charge in [0, 0.05) is 36.7 Å². The fourth-order valence-corrected chi connectivity index (χ4v) is 4.43. The van der Waals surface area contributed by atoms with E-state index in [4.69, 9.17) is 16.3 Å². The van der Waals surface area contributed by atoms with Crippen molar-refractivity contribution in [1.29, 1.82) is 0 Å². The van der Waals surface area contributed by atoms with E-state index in [0.29, 0.717) is 42.6 Å². The Morgan fingerprint density at radius 2 is 1.79 bits per heavy atom. The number of piperazine rings is 1. The highest BCUT2D eigenvalue weighted by molar-refractivity contribution is 9.10. The maximum Gasteiger partial charge on any atom is 0.255 e. The summed E-state index contributed by atoms with van der Waals surface area (Å²) in [5.41, 5.74) is 0.526. The van der Waals surface area contributed by atoms with Crippen molar-refractivity contribution < 1.29 is 9.53 Å². The lowest BCUT2D eigenvalue weighted by atomic mass is 9.98. The molecule has 1 aliphatic carbocycles. The van der Waals surface area contributed by atoms with Crippen molar-refractivity contribution in [1.82, 2.24) is 15.1 Å². The zero-order valence-electron chi connectivity index (χ0n) is 16.2. The van der Waals surface area contributed by atoms with Gasteiger partial charge in [-0.25, -0.2) is 0 Å². The van der Waals surface area contributed by atoms with Gasteiger partial charge in [-0.05, 0) is 49.9 Å². The molecule has 0 N–H and O–H groups in total. The topological polar surface area (TPSA) is 58.6 Å². The minimum atomic E-state index is -0.0433. The number of nitrogens with zero attached hydrogens (tertiary/aromatic N) is 4. The maximum absolute atomic E-state index is 12.8. The number of rotatable bonds is 4. The molecule has 154 valence electrons. The van der Waals surface area contributed by atoms with Gasteiger partial charge in [0.15, 0.2) is 5.82 Å². The van der Waals surface area contributed by atoms with Gasteiger partial charge in [0.25, 0.3) is 5.91 Å². The van der Waals surface area contributed by atoms with Crippen LogP contribution in [0.2, 0.25) is 5.02 Å². The lowest BCUT2D eigenvalue weighted by Gasteiger charge is -2.35. The molecule has 0 radical (unpaired) electrons. The van der Waals surface area contributed by atoms with Gasteiger partial charge in [0.2, 0.25) is 5.88 Å². The average Bonchev–Trinajstić information content (AvgIpc) is 2.76. The van der Waals surface area contributed by atoms with Crippen LogP contribution in [0, 0.1) is 0 Å². The summed E-state index contributed by atoms with van der Waals surface area (Å²) in [6.45, 7) is 2.64. The standard InChI is InChI=1S/C21H24BrClN4O2/c22-15-6-7-18(23)17(14-15)21(28)27-12-10-26(11-13-27)19-8-9-20(25-24-19)29-16-4-2-1-3-5-16/h6-9,14,16H,1-5,10-13H2. The van der Waals surface area contributed by atoms with Crippen LogP contribution >= 0.6 is 27.5 Å². The van der Waals surface area contributed by atoms with Crippen molar-refractivity contribution in [2.24, 2.45) is 0 Å². The van der Waals surface area contributed by atoms with Gasteiger partial charge in [-0.1, -0.05) is 34.0 Å². The number of anilines is 1. The number of amides is 1. The van der Waals surface area contributed by atoms with E-state index in [1.807, 2.05) is 23.1 Å². The highest BCUT2D eigenvalue weighted by Gasteiger charge is 2.25. The Morgan fingerprint density at radius 3 is 2.48 bits per heavy atom. The van der Waals surface area contributed by atoms with E-state index in [1.165, 1.54) is 19.3 Å². The summed E-state index contributed by atoms with van der Waals surface area (Å²) in [6, 6.07) is 9.19. The molecular weight excluding hydrogens is 456 g/mol. The number of benzene rings is 1. The maximum atomic E-state index is 12.8. The van der Waals surface area contributed by atoms with E-state index in [1.54, 1.807) is 12.1 Å². The smallest absolute Gasteiger partial charge is 0.255 e. The number of aromatic nitrogens is 2. The van der Waals surface area contributed by atoms with E-state index < -0.39 is 0 Å². The SMILES string of the molecule is O=C(c1cc(Br)ccc1Cl)N1CCN(c2ccc(OC3CCCCC3)nn2)CC1. The zero-order valence-corrected chi connectivity index (χ0v) is 18.5. The van der Waals surface area contributed by atoms with Crippen molar-refractivity contribution in [2.45, 2.75) is 38.2 Å². The lowest BCUT2D eigenvalue weighted by molar-refractivity contribution is 0.0746. The molecule has 2 fully saturated rings. The third kappa shape index (κ3) is 5.01. The Bertz CT molecular complexity index is 850. The Kier molecular flexibility index (Phi) is 6.55. The summed E-state index contributed by atoms with van der Waals surface area (Å²) in [5, 5.41) is 9.07. The number of hydrogen-bond acceptors (Lipinski definition) is 5. The third-order valence-corrected chi connectivity index (χ3v) is 6.34. The third-order valence-electron chi connectivity index (χ3n) is 5.52. The largest absolute Gasteiger partial charge is 0.473 e. The lowest BCUT2D eigenvalue weighted by Crippen LogP contribution is -2.49. The monoisotopic (exact) mass is 478 g/mol. The van der Waals surface area contributed by atoms with Crippen molar-refractivity contribution in [3.63, 3.8) is 0 Å². The van der Waals surface area contributed by atoms with Gasteiger partial charge in [-0.2, -0.15) is 0 Å². The summed E-state index contributed by atoms with van der Waals surface area (Å²) in [7, 11) is 0. The van der Waals surface area contributed by atoms with E-state index >= 15 is 0 Å². The first kappa shape index (κ1) is 20.4. The van der Waals surface area contributed by atoms with Crippen LogP contribution < -0.4 is 9.64 Å². The molecule has 6 nitrogen and oxygen atoms in total. The molecule has 1 aromatic carbocycles. The van der Waals surface area contributed by atoms with Crippen LogP contribution in [0.4, 0.5) is 5.82 Å². The molecule has 2 aliphatic rings. The van der Waals surface area contributed by atoms with Crippen LogP contribution in [0.25, 0.3) is 0 Å². The van der Waals surface area contributed by atoms with E-state index in [-0.39, 0.29) is 12.0 Å². The first-order valence-electron chi connectivity index (χ1n) is 10.1. The highest BCUT2D eigenvalue weighted by Crippen LogP contribution is 2.25. The van der Waals surface area contributed by atoms with Gasteiger partial charge in [-0.3, -0.25) is 4.79 Å². The predicted molar refractivity (Wildman–Crippen MR) is 117 cm³/mol. The Labute approximate surface area is 184 Å². The Balaban J connectivity index is 1.33. The van der Waals surface area contributed by atoms with Crippen molar-refractivity contribution >= 4 is 39.3 Å². The molecule has 1 aromatic heterocycles. The van der Waals surface area contributed by atoms with Gasteiger partial charge in [-0.15, -0.1) is 10.2 Å². The molecule has 0 atom stereocenters. The number of carbonyl (C=O) groups excluding carboxylic acids is 1. The van der Waals surface area contributed by atoms with Crippen LogP contribution in [0.3, 0.4) is 0 Å². The van der Waals surface area contributed by atoms with Gasteiger partial charge >= 0.3 is 0 Å². The molecule has 1 saturated carbocycles. The second kappa shape index (κ2) is 9.30. The summed E-state index contributed by atoms with van der Waals surface area (Å²) in [6.07, 6.45) is 6.22. The normalized spacial score (nSPS) is 18.0. The van der Waals surface area contributed by atoms with Crippen molar-refractivity contribution in [3.8, 4) is 5.88 Å². The van der Waals surface area contributed by atoms with Gasteiger partial charge in [0.1, 0.15) is 6.10 Å². The van der Waals surface area contributed by atoms with E-state index in [0.717, 1.165) is 23.1 Å². The van der Waals surface area contributed by atoms with Crippen molar-refractivity contribution in [3.05, 3.63) is 45.4 Å². The molecule has 1 amide bonds. The first-order chi connectivity index (χ1) is 14.1. The second-order valence-electron chi connectivity index (χ2n) is 7.51. The minimum absolute atomic E-state index is 0.0433. The molecule has 0 unspecified atom stereocenters. The number of carbonyl (C=O) groups is 1. The Morgan fingerprint density at radius 1 is 1.03 bits per heavy atom.